The van der Waals surface area contributed by atoms with Crippen molar-refractivity contribution in [2.75, 3.05) is 6.54 Å². The maximum Gasteiger partial charge on any atom is 0.245 e. The van der Waals surface area contributed by atoms with Crippen LogP contribution in [-0.4, -0.2) is 39.5 Å². The van der Waals surface area contributed by atoms with Gasteiger partial charge in [0.15, 0.2) is 0 Å². The fraction of sp³-hybridized carbons (Fsp3) is 0.450. The van der Waals surface area contributed by atoms with E-state index in [1.807, 2.05) is 13.8 Å². The number of rotatable bonds is 5. The van der Waals surface area contributed by atoms with E-state index in [2.05, 4.69) is 15.5 Å². The van der Waals surface area contributed by atoms with Crippen LogP contribution in [0.2, 0.25) is 0 Å². The van der Waals surface area contributed by atoms with Crippen molar-refractivity contribution < 1.29 is 14.0 Å². The van der Waals surface area contributed by atoms with Gasteiger partial charge in [0.05, 0.1) is 0 Å². The Balaban J connectivity index is 1.85. The van der Waals surface area contributed by atoms with Crippen LogP contribution in [0, 0.1) is 11.7 Å². The van der Waals surface area contributed by atoms with Gasteiger partial charge in [-0.15, -0.1) is 0 Å². The zero-order chi connectivity index (χ0) is 19.6. The van der Waals surface area contributed by atoms with E-state index in [1.165, 1.54) is 13.0 Å². The van der Waals surface area contributed by atoms with Crippen molar-refractivity contribution in [2.45, 2.75) is 46.2 Å². The second kappa shape index (κ2) is 7.90. The predicted molar refractivity (Wildman–Crippen MR) is 100 cm³/mol. The molecule has 1 aromatic heterocycles. The minimum atomic E-state index is -0.548. The molecular formula is C20H25FN4O2. The Morgan fingerprint density at radius 1 is 1.33 bits per heavy atom. The van der Waals surface area contributed by atoms with Gasteiger partial charge in [0, 0.05) is 43.3 Å². The Labute approximate surface area is 158 Å². The van der Waals surface area contributed by atoms with E-state index in [0.717, 1.165) is 11.3 Å². The summed E-state index contributed by atoms with van der Waals surface area (Å²) in [6.45, 7) is 6.34. The monoisotopic (exact) mass is 372 g/mol. The molecule has 0 spiro atoms. The lowest BCUT2D eigenvalue weighted by atomic mass is 9.98. The van der Waals surface area contributed by atoms with Crippen LogP contribution in [0.3, 0.4) is 0 Å². The quantitative estimate of drug-likeness (QED) is 0.847. The van der Waals surface area contributed by atoms with Gasteiger partial charge in [0.1, 0.15) is 17.6 Å². The molecule has 2 amide bonds. The Hall–Kier alpha value is -2.70. The molecule has 0 saturated carbocycles. The number of amides is 2. The molecule has 1 aromatic carbocycles. The summed E-state index contributed by atoms with van der Waals surface area (Å²) in [7, 11) is 0. The maximum atomic E-state index is 14.2. The zero-order valence-electron chi connectivity index (χ0n) is 15.9. The van der Waals surface area contributed by atoms with Crippen LogP contribution in [-0.2, 0) is 22.6 Å². The Morgan fingerprint density at radius 2 is 2.07 bits per heavy atom. The topological polar surface area (TPSA) is 78.1 Å². The molecule has 27 heavy (non-hydrogen) atoms. The van der Waals surface area contributed by atoms with Gasteiger partial charge in [-0.3, -0.25) is 14.7 Å². The molecule has 0 radical (unpaired) electrons. The molecule has 0 unspecified atom stereocenters. The molecule has 1 aliphatic heterocycles. The highest BCUT2D eigenvalue weighted by molar-refractivity contribution is 5.87. The highest BCUT2D eigenvalue weighted by atomic mass is 19.1. The fourth-order valence-electron chi connectivity index (χ4n) is 3.52. The smallest absolute Gasteiger partial charge is 0.245 e. The second-order valence-corrected chi connectivity index (χ2v) is 7.40. The van der Waals surface area contributed by atoms with Crippen molar-refractivity contribution in [1.82, 2.24) is 20.4 Å². The largest absolute Gasteiger partial charge is 0.345 e. The molecule has 0 fully saturated rings. The van der Waals surface area contributed by atoms with Crippen LogP contribution >= 0.6 is 0 Å². The first-order valence-electron chi connectivity index (χ1n) is 9.23. The van der Waals surface area contributed by atoms with Crippen LogP contribution in [0.25, 0.3) is 11.3 Å². The average Bonchev–Trinajstić information content (AvgIpc) is 3.03. The molecule has 0 aliphatic carbocycles. The molecule has 6 nitrogen and oxygen atoms in total. The van der Waals surface area contributed by atoms with Gasteiger partial charge in [-0.05, 0) is 24.5 Å². The summed E-state index contributed by atoms with van der Waals surface area (Å²) in [5.74, 6) is -0.396. The number of hydrogen-bond donors (Lipinski definition) is 2. The molecule has 1 atom stereocenters. The molecule has 0 saturated heterocycles. The number of hydrogen-bond acceptors (Lipinski definition) is 3. The van der Waals surface area contributed by atoms with E-state index in [-0.39, 0.29) is 23.5 Å². The number of aromatic nitrogens is 2. The standard InChI is InChI=1S/C20H25FN4O2/c1-12(2)10-18(22-13(3)26)20(27)25-9-8-17-15(11-25)19(24-23-17)14-6-4-5-7-16(14)21/h4-7,12,18H,8-11H2,1-3H3,(H,22,26)(H,23,24)/t18-/m0/s1. The average molecular weight is 372 g/mol. The van der Waals surface area contributed by atoms with Crippen LogP contribution in [0.4, 0.5) is 4.39 Å². The number of aromatic amines is 1. The van der Waals surface area contributed by atoms with E-state index in [9.17, 15) is 14.0 Å². The summed E-state index contributed by atoms with van der Waals surface area (Å²) in [4.78, 5) is 26.3. The highest BCUT2D eigenvalue weighted by Crippen LogP contribution is 2.30. The number of halogens is 1. The van der Waals surface area contributed by atoms with Gasteiger partial charge in [-0.2, -0.15) is 5.10 Å². The minimum absolute atomic E-state index is 0.106. The summed E-state index contributed by atoms with van der Waals surface area (Å²) in [5, 5.41) is 10.0. The Bertz CT molecular complexity index is 846. The summed E-state index contributed by atoms with van der Waals surface area (Å²) in [5.41, 5.74) is 2.73. The third-order valence-electron chi connectivity index (χ3n) is 4.76. The third-order valence-corrected chi connectivity index (χ3v) is 4.76. The van der Waals surface area contributed by atoms with Crippen molar-refractivity contribution in [1.29, 1.82) is 0 Å². The molecular weight excluding hydrogens is 347 g/mol. The lowest BCUT2D eigenvalue weighted by Gasteiger charge is -2.31. The molecule has 0 bridgehead atoms. The molecule has 1 aliphatic rings. The van der Waals surface area contributed by atoms with Gasteiger partial charge in [-0.1, -0.05) is 26.0 Å². The molecule has 2 heterocycles. The van der Waals surface area contributed by atoms with Crippen molar-refractivity contribution in [3.8, 4) is 11.3 Å². The highest BCUT2D eigenvalue weighted by Gasteiger charge is 2.31. The molecule has 144 valence electrons. The first-order valence-corrected chi connectivity index (χ1v) is 9.23. The van der Waals surface area contributed by atoms with Gasteiger partial charge >= 0.3 is 0 Å². The Kier molecular flexibility index (Phi) is 5.58. The van der Waals surface area contributed by atoms with Crippen LogP contribution in [0.5, 0.6) is 0 Å². The van der Waals surface area contributed by atoms with Crippen molar-refractivity contribution in [3.63, 3.8) is 0 Å². The van der Waals surface area contributed by atoms with Crippen molar-refractivity contribution in [2.24, 2.45) is 5.92 Å². The zero-order valence-corrected chi connectivity index (χ0v) is 15.9. The number of fused-ring (bicyclic) bond motifs is 1. The molecule has 3 rings (SSSR count). The molecule has 7 heteroatoms. The second-order valence-electron chi connectivity index (χ2n) is 7.40. The van der Waals surface area contributed by atoms with Gasteiger partial charge in [0.2, 0.25) is 11.8 Å². The summed E-state index contributed by atoms with van der Waals surface area (Å²) < 4.78 is 14.2. The SMILES string of the molecule is CC(=O)N[C@@H](CC(C)C)C(=O)N1CCc2[nH]nc(-c3ccccc3F)c2C1. The Morgan fingerprint density at radius 3 is 2.74 bits per heavy atom. The van der Waals surface area contributed by atoms with E-state index in [4.69, 9.17) is 0 Å². The van der Waals surface area contributed by atoms with Gasteiger partial charge in [-0.25, -0.2) is 4.39 Å². The van der Waals surface area contributed by atoms with Crippen molar-refractivity contribution >= 4 is 11.8 Å². The number of H-pyrrole nitrogens is 1. The predicted octanol–water partition coefficient (Wildman–Crippen LogP) is 2.65. The number of nitrogens with one attached hydrogen (secondary N) is 2. The number of carbonyl (C=O) groups excluding carboxylic acids is 2. The molecule has 2 N–H and O–H groups in total. The summed E-state index contributed by atoms with van der Waals surface area (Å²) in [6, 6.07) is 5.94. The number of nitrogens with zero attached hydrogens (tertiary/aromatic N) is 2. The van der Waals surface area contributed by atoms with E-state index >= 15 is 0 Å². The first kappa shape index (κ1) is 19.1. The normalized spacial score (nSPS) is 14.8. The van der Waals surface area contributed by atoms with Crippen LogP contribution < -0.4 is 5.32 Å². The minimum Gasteiger partial charge on any atom is -0.345 e. The van der Waals surface area contributed by atoms with Crippen LogP contribution in [0.15, 0.2) is 24.3 Å². The van der Waals surface area contributed by atoms with E-state index in [0.29, 0.717) is 37.2 Å². The number of carbonyl (C=O) groups is 2. The summed E-state index contributed by atoms with van der Waals surface area (Å²) in [6.07, 6.45) is 1.20. The number of benzene rings is 1. The summed E-state index contributed by atoms with van der Waals surface area (Å²) >= 11 is 0. The maximum absolute atomic E-state index is 14.2. The molecule has 2 aromatic rings. The van der Waals surface area contributed by atoms with Crippen molar-refractivity contribution in [3.05, 3.63) is 41.3 Å². The van der Waals surface area contributed by atoms with Gasteiger partial charge in [0.25, 0.3) is 0 Å². The van der Waals surface area contributed by atoms with E-state index in [1.54, 1.807) is 23.1 Å². The van der Waals surface area contributed by atoms with Gasteiger partial charge < -0.3 is 10.2 Å². The van der Waals surface area contributed by atoms with Crippen LogP contribution in [0.1, 0.15) is 38.4 Å². The third kappa shape index (κ3) is 4.18. The van der Waals surface area contributed by atoms with E-state index < -0.39 is 6.04 Å². The lowest BCUT2D eigenvalue weighted by Crippen LogP contribution is -2.49. The fourth-order valence-corrected chi connectivity index (χ4v) is 3.52. The lowest BCUT2D eigenvalue weighted by molar-refractivity contribution is -0.137. The first-order chi connectivity index (χ1) is 12.9.